The summed E-state index contributed by atoms with van der Waals surface area (Å²) in [5, 5.41) is 4.07. The van der Waals surface area contributed by atoms with Gasteiger partial charge in [-0.05, 0) is 54.8 Å². The minimum atomic E-state index is -0.246. The van der Waals surface area contributed by atoms with Crippen LogP contribution in [0.25, 0.3) is 0 Å². The van der Waals surface area contributed by atoms with Gasteiger partial charge in [0.1, 0.15) is 5.82 Å². The van der Waals surface area contributed by atoms with Gasteiger partial charge >= 0.3 is 0 Å². The first kappa shape index (κ1) is 15.0. The first-order valence-corrected chi connectivity index (χ1v) is 7.22. The lowest BCUT2D eigenvalue weighted by atomic mass is 9.95. The summed E-state index contributed by atoms with van der Waals surface area (Å²) in [5.74, 6) is -0.246. The summed E-state index contributed by atoms with van der Waals surface area (Å²) in [4.78, 5) is 0. The van der Waals surface area contributed by atoms with E-state index in [1.54, 1.807) is 6.07 Å². The summed E-state index contributed by atoms with van der Waals surface area (Å²) >= 11 is 6.17. The maximum Gasteiger partial charge on any atom is 0.123 e. The second-order valence-electron chi connectivity index (χ2n) is 4.91. The van der Waals surface area contributed by atoms with E-state index in [4.69, 9.17) is 11.6 Å². The highest BCUT2D eigenvalue weighted by molar-refractivity contribution is 6.31. The summed E-state index contributed by atoms with van der Waals surface area (Å²) in [6, 6.07) is 12.9. The molecule has 0 aromatic heterocycles. The van der Waals surface area contributed by atoms with Crippen molar-refractivity contribution in [1.29, 1.82) is 0 Å². The first-order chi connectivity index (χ1) is 9.61. The maximum absolute atomic E-state index is 13.4. The summed E-state index contributed by atoms with van der Waals surface area (Å²) < 4.78 is 13.4. The summed E-state index contributed by atoms with van der Waals surface area (Å²) in [6.45, 7) is 5.01. The second-order valence-corrected chi connectivity index (χ2v) is 5.31. The SMILES string of the molecule is CCNC(Cc1cc(F)ccc1Cl)c1ccccc1C. The molecule has 1 unspecified atom stereocenters. The number of halogens is 2. The smallest absolute Gasteiger partial charge is 0.123 e. The third-order valence-corrected chi connectivity index (χ3v) is 3.81. The highest BCUT2D eigenvalue weighted by Crippen LogP contribution is 2.26. The number of rotatable bonds is 5. The number of nitrogens with one attached hydrogen (secondary N) is 1. The van der Waals surface area contributed by atoms with Crippen molar-refractivity contribution >= 4 is 11.6 Å². The van der Waals surface area contributed by atoms with Gasteiger partial charge in [0.25, 0.3) is 0 Å². The van der Waals surface area contributed by atoms with Crippen LogP contribution in [0.4, 0.5) is 4.39 Å². The van der Waals surface area contributed by atoms with E-state index in [-0.39, 0.29) is 11.9 Å². The average molecular weight is 292 g/mol. The van der Waals surface area contributed by atoms with Crippen molar-refractivity contribution in [3.63, 3.8) is 0 Å². The highest BCUT2D eigenvalue weighted by Gasteiger charge is 2.15. The maximum atomic E-state index is 13.4. The van der Waals surface area contributed by atoms with Crippen LogP contribution in [-0.4, -0.2) is 6.54 Å². The van der Waals surface area contributed by atoms with E-state index in [2.05, 4.69) is 31.3 Å². The lowest BCUT2D eigenvalue weighted by molar-refractivity contribution is 0.544. The Morgan fingerprint density at radius 3 is 2.65 bits per heavy atom. The third kappa shape index (κ3) is 3.59. The second kappa shape index (κ2) is 6.87. The molecule has 2 rings (SSSR count). The number of aryl methyl sites for hydroxylation is 1. The van der Waals surface area contributed by atoms with Crippen LogP contribution in [0.5, 0.6) is 0 Å². The van der Waals surface area contributed by atoms with E-state index in [1.165, 1.54) is 23.3 Å². The number of likely N-dealkylation sites (N-methyl/N-ethyl adjacent to an activating group) is 1. The molecule has 2 aromatic rings. The molecule has 0 radical (unpaired) electrons. The number of benzene rings is 2. The molecule has 0 aliphatic rings. The Kier molecular flexibility index (Phi) is 5.16. The predicted octanol–water partition coefficient (Wildman–Crippen LogP) is 4.68. The van der Waals surface area contributed by atoms with Gasteiger partial charge in [-0.15, -0.1) is 0 Å². The fourth-order valence-electron chi connectivity index (χ4n) is 2.44. The van der Waals surface area contributed by atoms with Gasteiger partial charge in [-0.3, -0.25) is 0 Å². The largest absolute Gasteiger partial charge is 0.310 e. The van der Waals surface area contributed by atoms with Gasteiger partial charge in [0, 0.05) is 11.1 Å². The fraction of sp³-hybridized carbons (Fsp3) is 0.294. The van der Waals surface area contributed by atoms with E-state index in [1.807, 2.05) is 12.1 Å². The minimum absolute atomic E-state index is 0.139. The van der Waals surface area contributed by atoms with Crippen molar-refractivity contribution < 1.29 is 4.39 Å². The highest BCUT2D eigenvalue weighted by atomic mass is 35.5. The molecule has 0 saturated heterocycles. The lowest BCUT2D eigenvalue weighted by Gasteiger charge is -2.21. The molecule has 0 fully saturated rings. The molecule has 0 aliphatic carbocycles. The van der Waals surface area contributed by atoms with E-state index in [0.29, 0.717) is 11.4 Å². The Hall–Kier alpha value is -1.38. The summed E-state index contributed by atoms with van der Waals surface area (Å²) in [7, 11) is 0. The fourth-order valence-corrected chi connectivity index (χ4v) is 2.63. The molecule has 2 aromatic carbocycles. The van der Waals surface area contributed by atoms with Crippen molar-refractivity contribution in [2.24, 2.45) is 0 Å². The summed E-state index contributed by atoms with van der Waals surface area (Å²) in [6.07, 6.45) is 0.676. The Morgan fingerprint density at radius 1 is 1.20 bits per heavy atom. The zero-order valence-electron chi connectivity index (χ0n) is 11.8. The molecule has 0 heterocycles. The van der Waals surface area contributed by atoms with Crippen LogP contribution in [0.2, 0.25) is 5.02 Å². The molecule has 1 atom stereocenters. The molecule has 1 nitrogen and oxygen atoms in total. The van der Waals surface area contributed by atoms with Gasteiger partial charge in [-0.1, -0.05) is 42.8 Å². The molecule has 1 N–H and O–H groups in total. The van der Waals surface area contributed by atoms with E-state index < -0.39 is 0 Å². The molecule has 106 valence electrons. The Labute approximate surface area is 124 Å². The molecule has 0 bridgehead atoms. The van der Waals surface area contributed by atoms with Gasteiger partial charge in [-0.25, -0.2) is 4.39 Å². The van der Waals surface area contributed by atoms with Crippen molar-refractivity contribution in [3.05, 3.63) is 70.0 Å². The molecule has 0 aliphatic heterocycles. The van der Waals surface area contributed by atoms with Crippen LogP contribution in [0, 0.1) is 12.7 Å². The Bertz CT molecular complexity index is 583. The van der Waals surface area contributed by atoms with Gasteiger partial charge in [0.05, 0.1) is 0 Å². The van der Waals surface area contributed by atoms with Gasteiger partial charge < -0.3 is 5.32 Å². The zero-order chi connectivity index (χ0) is 14.5. The van der Waals surface area contributed by atoms with Crippen molar-refractivity contribution in [2.75, 3.05) is 6.54 Å². The Morgan fingerprint density at radius 2 is 1.95 bits per heavy atom. The molecule has 0 saturated carbocycles. The zero-order valence-corrected chi connectivity index (χ0v) is 12.5. The van der Waals surface area contributed by atoms with Gasteiger partial charge in [0.15, 0.2) is 0 Å². The predicted molar refractivity (Wildman–Crippen MR) is 82.7 cm³/mol. The normalized spacial score (nSPS) is 12.4. The third-order valence-electron chi connectivity index (χ3n) is 3.45. The van der Waals surface area contributed by atoms with Crippen molar-refractivity contribution in [1.82, 2.24) is 5.32 Å². The van der Waals surface area contributed by atoms with Crippen LogP contribution in [0.1, 0.15) is 29.7 Å². The molecule has 3 heteroatoms. The van der Waals surface area contributed by atoms with Crippen LogP contribution in [0.15, 0.2) is 42.5 Å². The molecular formula is C17H19ClFN. The first-order valence-electron chi connectivity index (χ1n) is 6.84. The van der Waals surface area contributed by atoms with Crippen LogP contribution in [0.3, 0.4) is 0 Å². The standard InChI is InChI=1S/C17H19ClFN/c1-3-20-17(15-7-5-4-6-12(15)2)11-13-10-14(19)8-9-16(13)18/h4-10,17,20H,3,11H2,1-2H3. The van der Waals surface area contributed by atoms with Gasteiger partial charge in [0.2, 0.25) is 0 Å². The van der Waals surface area contributed by atoms with Crippen LogP contribution < -0.4 is 5.32 Å². The minimum Gasteiger partial charge on any atom is -0.310 e. The van der Waals surface area contributed by atoms with Crippen molar-refractivity contribution in [3.8, 4) is 0 Å². The summed E-state index contributed by atoms with van der Waals surface area (Å²) in [5.41, 5.74) is 3.29. The van der Waals surface area contributed by atoms with Crippen LogP contribution >= 0.6 is 11.6 Å². The van der Waals surface area contributed by atoms with Gasteiger partial charge in [-0.2, -0.15) is 0 Å². The topological polar surface area (TPSA) is 12.0 Å². The van der Waals surface area contributed by atoms with Crippen LogP contribution in [-0.2, 0) is 6.42 Å². The molecular weight excluding hydrogens is 273 g/mol. The van der Waals surface area contributed by atoms with E-state index in [0.717, 1.165) is 12.1 Å². The lowest BCUT2D eigenvalue weighted by Crippen LogP contribution is -2.23. The molecule has 0 spiro atoms. The quantitative estimate of drug-likeness (QED) is 0.843. The monoisotopic (exact) mass is 291 g/mol. The van der Waals surface area contributed by atoms with E-state index >= 15 is 0 Å². The molecule has 20 heavy (non-hydrogen) atoms. The number of hydrogen-bond acceptors (Lipinski definition) is 1. The average Bonchev–Trinajstić information content (AvgIpc) is 2.43. The Balaban J connectivity index is 2.30. The van der Waals surface area contributed by atoms with E-state index in [9.17, 15) is 4.39 Å². The number of hydrogen-bond donors (Lipinski definition) is 1. The van der Waals surface area contributed by atoms with Crippen molar-refractivity contribution in [2.45, 2.75) is 26.3 Å². The molecule has 0 amide bonds.